The molecule has 1 rings (SSSR count). The van der Waals surface area contributed by atoms with Crippen molar-refractivity contribution >= 4 is 5.97 Å². The first kappa shape index (κ1) is 17.1. The molecule has 7 heteroatoms. The van der Waals surface area contributed by atoms with Gasteiger partial charge in [-0.2, -0.15) is 0 Å². The van der Waals surface area contributed by atoms with Crippen LogP contribution in [0, 0.1) is 0 Å². The van der Waals surface area contributed by atoms with Crippen molar-refractivity contribution in [2.24, 2.45) is 0 Å². The summed E-state index contributed by atoms with van der Waals surface area (Å²) in [5.74, 6) is -0.182. The van der Waals surface area contributed by atoms with Crippen molar-refractivity contribution in [3.63, 3.8) is 0 Å². The van der Waals surface area contributed by atoms with Crippen molar-refractivity contribution in [2.75, 3.05) is 34.5 Å². The van der Waals surface area contributed by atoms with Gasteiger partial charge in [-0.15, -0.1) is 0 Å². The van der Waals surface area contributed by atoms with Gasteiger partial charge in [0.1, 0.15) is 0 Å². The van der Waals surface area contributed by atoms with Crippen molar-refractivity contribution in [3.05, 3.63) is 17.7 Å². The van der Waals surface area contributed by atoms with Crippen LogP contribution in [0.15, 0.2) is 12.1 Å². The number of carboxylic acid groups (broad SMARTS) is 1. The number of ether oxygens (including phenoxy) is 4. The molecule has 21 heavy (non-hydrogen) atoms. The lowest BCUT2D eigenvalue weighted by Crippen LogP contribution is -2.17. The molecule has 0 bridgehead atoms. The Kier molecular flexibility index (Phi) is 6.77. The number of aliphatic hydroxyl groups is 1. The van der Waals surface area contributed by atoms with E-state index in [1.807, 2.05) is 0 Å². The highest BCUT2D eigenvalue weighted by atomic mass is 16.5. The molecule has 0 aliphatic carbocycles. The zero-order valence-corrected chi connectivity index (χ0v) is 12.3. The Balaban J connectivity index is 3.21. The van der Waals surface area contributed by atoms with Crippen molar-refractivity contribution in [1.82, 2.24) is 0 Å². The number of aliphatic carboxylic acids is 1. The average molecular weight is 300 g/mol. The number of hydrogen-bond donors (Lipinski definition) is 2. The molecule has 0 saturated carbocycles. The number of methoxy groups -OCH3 is 3. The molecule has 1 unspecified atom stereocenters. The lowest BCUT2D eigenvalue weighted by atomic mass is 10.1. The Bertz CT molecular complexity index is 473. The van der Waals surface area contributed by atoms with Crippen molar-refractivity contribution in [1.29, 1.82) is 0 Å². The number of aliphatic hydroxyl groups excluding tert-OH is 1. The van der Waals surface area contributed by atoms with E-state index in [9.17, 15) is 9.90 Å². The third-order valence-corrected chi connectivity index (χ3v) is 2.83. The van der Waals surface area contributed by atoms with E-state index >= 15 is 0 Å². The Morgan fingerprint density at radius 2 is 1.81 bits per heavy atom. The summed E-state index contributed by atoms with van der Waals surface area (Å²) in [6, 6.07) is 3.14. The third kappa shape index (κ3) is 3.99. The van der Waals surface area contributed by atoms with Gasteiger partial charge in [0.25, 0.3) is 0 Å². The minimum absolute atomic E-state index is 0.0740. The highest BCUT2D eigenvalue weighted by molar-refractivity contribution is 5.77. The number of benzene rings is 1. The van der Waals surface area contributed by atoms with E-state index in [1.165, 1.54) is 21.3 Å². The molecule has 0 heterocycles. The lowest BCUT2D eigenvalue weighted by Gasteiger charge is -2.20. The highest BCUT2D eigenvalue weighted by Gasteiger charge is 2.28. The Hall–Kier alpha value is -1.99. The second kappa shape index (κ2) is 8.33. The van der Waals surface area contributed by atoms with Gasteiger partial charge in [0.2, 0.25) is 5.75 Å². The Labute approximate surface area is 123 Å². The molecule has 7 nitrogen and oxygen atoms in total. The van der Waals surface area contributed by atoms with Gasteiger partial charge >= 0.3 is 5.97 Å². The Morgan fingerprint density at radius 1 is 1.14 bits per heavy atom. The summed E-state index contributed by atoms with van der Waals surface area (Å²) in [5.41, 5.74) is 0.320. The number of carboxylic acids is 1. The molecule has 0 aliphatic rings. The predicted octanol–water partition coefficient (Wildman–Crippen LogP) is 1.24. The van der Waals surface area contributed by atoms with Gasteiger partial charge in [-0.1, -0.05) is 0 Å². The molecular weight excluding hydrogens is 280 g/mol. The summed E-state index contributed by atoms with van der Waals surface area (Å²) in [6.07, 6.45) is -0.870. The van der Waals surface area contributed by atoms with E-state index in [0.29, 0.717) is 23.5 Å². The molecule has 1 aromatic rings. The zero-order valence-electron chi connectivity index (χ0n) is 12.3. The fourth-order valence-corrected chi connectivity index (χ4v) is 1.89. The van der Waals surface area contributed by atoms with Crippen molar-refractivity contribution < 1.29 is 34.0 Å². The maximum atomic E-state index is 11.4. The van der Waals surface area contributed by atoms with Crippen LogP contribution in [0.1, 0.15) is 18.1 Å². The lowest BCUT2D eigenvalue weighted by molar-refractivity contribution is -0.151. The molecule has 1 aromatic carbocycles. The molecule has 0 radical (unpaired) electrons. The minimum Gasteiger partial charge on any atom is -0.493 e. The molecule has 0 saturated heterocycles. The SMILES string of the molecule is COc1ccc(C(OCCCO)C(=O)O)c(OC)c1OC. The van der Waals surface area contributed by atoms with Crippen LogP contribution in [-0.2, 0) is 9.53 Å². The van der Waals surface area contributed by atoms with Crippen LogP contribution in [-0.4, -0.2) is 50.7 Å². The van der Waals surface area contributed by atoms with E-state index in [0.717, 1.165) is 0 Å². The number of hydrogen-bond acceptors (Lipinski definition) is 6. The predicted molar refractivity (Wildman–Crippen MR) is 74.1 cm³/mol. The molecule has 0 fully saturated rings. The van der Waals surface area contributed by atoms with Gasteiger partial charge in [-0.25, -0.2) is 4.79 Å². The topological polar surface area (TPSA) is 94.5 Å². The normalized spacial score (nSPS) is 11.8. The first-order chi connectivity index (χ1) is 10.1. The molecule has 0 aromatic heterocycles. The molecule has 0 spiro atoms. The largest absolute Gasteiger partial charge is 0.493 e. The first-order valence-electron chi connectivity index (χ1n) is 6.34. The van der Waals surface area contributed by atoms with E-state index in [2.05, 4.69) is 0 Å². The molecule has 0 amide bonds. The van der Waals surface area contributed by atoms with Crippen LogP contribution in [0.25, 0.3) is 0 Å². The van der Waals surface area contributed by atoms with Crippen LogP contribution in [0.3, 0.4) is 0 Å². The van der Waals surface area contributed by atoms with Gasteiger partial charge in [0.05, 0.1) is 27.9 Å². The Morgan fingerprint density at radius 3 is 2.29 bits per heavy atom. The maximum Gasteiger partial charge on any atom is 0.337 e. The third-order valence-electron chi connectivity index (χ3n) is 2.83. The fraction of sp³-hybridized carbons (Fsp3) is 0.500. The van der Waals surface area contributed by atoms with E-state index in [-0.39, 0.29) is 19.0 Å². The summed E-state index contributed by atoms with van der Waals surface area (Å²) < 4.78 is 20.9. The summed E-state index contributed by atoms with van der Waals surface area (Å²) >= 11 is 0. The van der Waals surface area contributed by atoms with Gasteiger partial charge < -0.3 is 29.2 Å². The molecule has 0 aliphatic heterocycles. The van der Waals surface area contributed by atoms with Crippen LogP contribution in [0.2, 0.25) is 0 Å². The second-order valence-corrected chi connectivity index (χ2v) is 4.09. The van der Waals surface area contributed by atoms with Gasteiger partial charge in [0.15, 0.2) is 17.6 Å². The second-order valence-electron chi connectivity index (χ2n) is 4.09. The summed E-state index contributed by atoms with van der Waals surface area (Å²) in [4.78, 5) is 11.4. The van der Waals surface area contributed by atoms with Crippen molar-refractivity contribution in [3.8, 4) is 17.2 Å². The minimum atomic E-state index is -1.22. The molecule has 1 atom stereocenters. The van der Waals surface area contributed by atoms with E-state index < -0.39 is 12.1 Å². The quantitative estimate of drug-likeness (QED) is 0.662. The van der Waals surface area contributed by atoms with E-state index in [1.54, 1.807) is 12.1 Å². The monoisotopic (exact) mass is 300 g/mol. The van der Waals surface area contributed by atoms with Crippen molar-refractivity contribution in [2.45, 2.75) is 12.5 Å². The van der Waals surface area contributed by atoms with Crippen LogP contribution in [0.5, 0.6) is 17.2 Å². The number of rotatable bonds is 9. The average Bonchev–Trinajstić information content (AvgIpc) is 2.49. The zero-order chi connectivity index (χ0) is 15.8. The standard InChI is InChI=1S/C14H20O7/c1-18-10-6-5-9(11(19-2)13(10)20-3)12(14(16)17)21-8-4-7-15/h5-6,12,15H,4,7-8H2,1-3H3,(H,16,17). The number of carbonyl (C=O) groups is 1. The fourth-order valence-electron chi connectivity index (χ4n) is 1.89. The summed E-state index contributed by atoms with van der Waals surface area (Å²) in [6.45, 7) is 0.0420. The summed E-state index contributed by atoms with van der Waals surface area (Å²) in [7, 11) is 4.32. The highest BCUT2D eigenvalue weighted by Crippen LogP contribution is 2.42. The smallest absolute Gasteiger partial charge is 0.337 e. The van der Waals surface area contributed by atoms with Crippen LogP contribution < -0.4 is 14.2 Å². The van der Waals surface area contributed by atoms with Gasteiger partial charge in [-0.05, 0) is 18.6 Å². The van der Waals surface area contributed by atoms with E-state index in [4.69, 9.17) is 24.1 Å². The van der Waals surface area contributed by atoms with Crippen LogP contribution in [0.4, 0.5) is 0 Å². The van der Waals surface area contributed by atoms with Gasteiger partial charge in [-0.3, -0.25) is 0 Å². The first-order valence-corrected chi connectivity index (χ1v) is 6.34. The molecular formula is C14H20O7. The van der Waals surface area contributed by atoms with Crippen LogP contribution >= 0.6 is 0 Å². The molecule has 118 valence electrons. The molecule has 2 N–H and O–H groups in total. The van der Waals surface area contributed by atoms with Gasteiger partial charge in [0, 0.05) is 12.2 Å². The maximum absolute atomic E-state index is 11.4. The summed E-state index contributed by atoms with van der Waals surface area (Å²) in [5, 5.41) is 18.1.